The van der Waals surface area contributed by atoms with Crippen LogP contribution in [0.2, 0.25) is 0 Å². The summed E-state index contributed by atoms with van der Waals surface area (Å²) in [6.07, 6.45) is 3.18. The van der Waals surface area contributed by atoms with Crippen molar-refractivity contribution in [2.24, 2.45) is 0 Å². The zero-order chi connectivity index (χ0) is 22.4. The minimum Gasteiger partial charge on any atom is -0.466 e. The number of benzene rings is 1. The number of esters is 1. The van der Waals surface area contributed by atoms with E-state index in [0.29, 0.717) is 31.5 Å². The van der Waals surface area contributed by atoms with Gasteiger partial charge in [0.1, 0.15) is 0 Å². The van der Waals surface area contributed by atoms with Crippen molar-refractivity contribution in [3.8, 4) is 0 Å². The van der Waals surface area contributed by atoms with E-state index in [9.17, 15) is 9.36 Å². The van der Waals surface area contributed by atoms with E-state index < -0.39 is 7.60 Å². The maximum absolute atomic E-state index is 13.2. The van der Waals surface area contributed by atoms with Crippen LogP contribution in [0.25, 0.3) is 0 Å². The van der Waals surface area contributed by atoms with E-state index in [1.807, 2.05) is 39.0 Å². The summed E-state index contributed by atoms with van der Waals surface area (Å²) in [5.74, 6) is -0.130. The van der Waals surface area contributed by atoms with Gasteiger partial charge in [0, 0.05) is 29.8 Å². The van der Waals surface area contributed by atoms with Gasteiger partial charge in [-0.25, -0.2) is 0 Å². The van der Waals surface area contributed by atoms with Gasteiger partial charge in [0.15, 0.2) is 0 Å². The van der Waals surface area contributed by atoms with Crippen molar-refractivity contribution in [1.29, 1.82) is 0 Å². The Labute approximate surface area is 181 Å². The number of carbonyl (C=O) groups is 1. The number of ether oxygens (including phenoxy) is 1. The lowest BCUT2D eigenvalue weighted by molar-refractivity contribution is -0.143. The van der Waals surface area contributed by atoms with Gasteiger partial charge in [-0.2, -0.15) is 0 Å². The predicted octanol–water partition coefficient (Wildman–Crippen LogP) is 5.31. The van der Waals surface area contributed by atoms with Gasteiger partial charge >= 0.3 is 13.6 Å². The first kappa shape index (κ1) is 24.6. The normalized spacial score (nSPS) is 15.4. The van der Waals surface area contributed by atoms with Crippen molar-refractivity contribution < 1.29 is 23.1 Å². The Bertz CT molecular complexity index is 795. The topological polar surface area (TPSA) is 65.1 Å². The van der Waals surface area contributed by atoms with Crippen molar-refractivity contribution in [3.63, 3.8) is 0 Å². The SMILES string of the molecule is C=C1N(CCCCCC(=O)OCC)c2ccc(P(=O)(OCC)OCC)cc2C1(C)C. The summed E-state index contributed by atoms with van der Waals surface area (Å²) in [4.78, 5) is 13.7. The second-order valence-corrected chi connectivity index (χ2v) is 9.90. The predicted molar refractivity (Wildman–Crippen MR) is 122 cm³/mol. The van der Waals surface area contributed by atoms with Gasteiger partial charge in [-0.15, -0.1) is 0 Å². The van der Waals surface area contributed by atoms with Gasteiger partial charge in [-0.1, -0.05) is 26.8 Å². The monoisotopic (exact) mass is 437 g/mol. The van der Waals surface area contributed by atoms with Crippen LogP contribution in [0.1, 0.15) is 65.9 Å². The van der Waals surface area contributed by atoms with E-state index in [1.54, 1.807) is 0 Å². The third kappa shape index (κ3) is 5.35. The molecule has 0 amide bonds. The van der Waals surface area contributed by atoms with Crippen molar-refractivity contribution in [3.05, 3.63) is 36.0 Å². The number of allylic oxidation sites excluding steroid dienone is 1. The molecule has 0 radical (unpaired) electrons. The molecule has 0 spiro atoms. The van der Waals surface area contributed by atoms with Crippen LogP contribution in [0.15, 0.2) is 30.5 Å². The van der Waals surface area contributed by atoms with Crippen LogP contribution in [0.4, 0.5) is 5.69 Å². The molecule has 0 aliphatic carbocycles. The molecule has 0 saturated carbocycles. The third-order valence-corrected chi connectivity index (χ3v) is 7.58. The molecule has 0 atom stereocenters. The minimum atomic E-state index is -3.34. The maximum Gasteiger partial charge on any atom is 0.361 e. The highest BCUT2D eigenvalue weighted by molar-refractivity contribution is 7.62. The number of anilines is 1. The fraction of sp³-hybridized carbons (Fsp3) is 0.609. The summed E-state index contributed by atoms with van der Waals surface area (Å²) >= 11 is 0. The first-order valence-electron chi connectivity index (χ1n) is 10.9. The molecule has 0 bridgehead atoms. The lowest BCUT2D eigenvalue weighted by Gasteiger charge is -2.25. The molecule has 1 aliphatic heterocycles. The Morgan fingerprint density at radius 3 is 2.33 bits per heavy atom. The summed E-state index contributed by atoms with van der Waals surface area (Å²) in [5, 5.41) is 0.585. The van der Waals surface area contributed by atoms with E-state index >= 15 is 0 Å². The molecule has 7 heteroatoms. The fourth-order valence-electron chi connectivity index (χ4n) is 3.80. The van der Waals surface area contributed by atoms with Crippen LogP contribution >= 0.6 is 7.60 Å². The number of carbonyl (C=O) groups excluding carboxylic acids is 1. The van der Waals surface area contributed by atoms with Crippen LogP contribution in [0.5, 0.6) is 0 Å². The molecule has 0 fully saturated rings. The summed E-state index contributed by atoms with van der Waals surface area (Å²) in [6, 6.07) is 5.79. The zero-order valence-corrected chi connectivity index (χ0v) is 19.9. The van der Waals surface area contributed by atoms with Gasteiger partial charge in [-0.3, -0.25) is 9.36 Å². The largest absolute Gasteiger partial charge is 0.466 e. The van der Waals surface area contributed by atoms with Gasteiger partial charge in [-0.05, 0) is 57.4 Å². The van der Waals surface area contributed by atoms with Crippen LogP contribution < -0.4 is 10.2 Å². The maximum atomic E-state index is 13.2. The van der Waals surface area contributed by atoms with E-state index in [4.69, 9.17) is 13.8 Å². The average Bonchev–Trinajstić information content (AvgIpc) is 2.88. The zero-order valence-electron chi connectivity index (χ0n) is 19.0. The smallest absolute Gasteiger partial charge is 0.361 e. The summed E-state index contributed by atoms with van der Waals surface area (Å²) in [6.45, 7) is 15.9. The molecule has 1 aromatic carbocycles. The van der Waals surface area contributed by atoms with Gasteiger partial charge < -0.3 is 18.7 Å². The summed E-state index contributed by atoms with van der Waals surface area (Å²) < 4.78 is 29.2. The molecule has 168 valence electrons. The molecule has 0 saturated heterocycles. The van der Waals surface area contributed by atoms with Crippen LogP contribution in [-0.4, -0.2) is 32.3 Å². The molecule has 1 aliphatic rings. The molecule has 2 rings (SSSR count). The first-order valence-corrected chi connectivity index (χ1v) is 12.4. The molecule has 30 heavy (non-hydrogen) atoms. The summed E-state index contributed by atoms with van der Waals surface area (Å²) in [5.41, 5.74) is 2.90. The van der Waals surface area contributed by atoms with E-state index in [2.05, 4.69) is 25.3 Å². The van der Waals surface area contributed by atoms with Crippen LogP contribution in [-0.2, 0) is 28.6 Å². The third-order valence-electron chi connectivity index (χ3n) is 5.47. The van der Waals surface area contributed by atoms with Gasteiger partial charge in [0.25, 0.3) is 0 Å². The standard InChI is InChI=1S/C23H36NO5P/c1-7-27-22(25)13-11-10-12-16-24-18(4)23(5,6)20-17-19(14-15-21(20)24)30(26,28-8-2)29-9-3/h14-15,17H,4,7-13,16H2,1-3,5-6H3. The first-order chi connectivity index (χ1) is 14.2. The van der Waals surface area contributed by atoms with E-state index in [1.165, 1.54) is 0 Å². The highest BCUT2D eigenvalue weighted by Crippen LogP contribution is 2.51. The van der Waals surface area contributed by atoms with Crippen LogP contribution in [0.3, 0.4) is 0 Å². The lowest BCUT2D eigenvalue weighted by atomic mass is 9.84. The summed E-state index contributed by atoms with van der Waals surface area (Å²) in [7, 11) is -3.34. The number of hydrogen-bond acceptors (Lipinski definition) is 6. The Kier molecular flexibility index (Phi) is 8.72. The van der Waals surface area contributed by atoms with Crippen LogP contribution in [0, 0.1) is 0 Å². The van der Waals surface area contributed by atoms with Crippen molar-refractivity contribution in [1.82, 2.24) is 0 Å². The Balaban J connectivity index is 2.14. The molecule has 0 unspecified atom stereocenters. The average molecular weight is 438 g/mol. The van der Waals surface area contributed by atoms with E-state index in [0.717, 1.165) is 42.8 Å². The highest BCUT2D eigenvalue weighted by atomic mass is 31.2. The number of nitrogens with zero attached hydrogens (tertiary/aromatic N) is 1. The lowest BCUT2D eigenvalue weighted by Crippen LogP contribution is -2.26. The molecular weight excluding hydrogens is 401 g/mol. The second kappa shape index (κ2) is 10.6. The number of rotatable bonds is 12. The number of unbranched alkanes of at least 4 members (excludes halogenated alkanes) is 2. The number of fused-ring (bicyclic) bond motifs is 1. The highest BCUT2D eigenvalue weighted by Gasteiger charge is 2.40. The van der Waals surface area contributed by atoms with Crippen molar-refractivity contribution in [2.45, 2.75) is 65.7 Å². The quantitative estimate of drug-likeness (QED) is 0.251. The Morgan fingerprint density at radius 1 is 1.07 bits per heavy atom. The minimum absolute atomic E-state index is 0.130. The molecule has 0 aromatic heterocycles. The van der Waals surface area contributed by atoms with Gasteiger partial charge in [0.05, 0.1) is 25.1 Å². The van der Waals surface area contributed by atoms with Crippen molar-refractivity contribution in [2.75, 3.05) is 31.3 Å². The second-order valence-electron chi connectivity index (χ2n) is 7.87. The number of hydrogen-bond donors (Lipinski definition) is 0. The molecular formula is C23H36NO5P. The molecule has 1 aromatic rings. The Morgan fingerprint density at radius 2 is 1.73 bits per heavy atom. The van der Waals surface area contributed by atoms with Gasteiger partial charge in [0.2, 0.25) is 0 Å². The van der Waals surface area contributed by atoms with Crippen molar-refractivity contribution >= 4 is 24.6 Å². The molecule has 1 heterocycles. The van der Waals surface area contributed by atoms with E-state index in [-0.39, 0.29) is 11.4 Å². The fourth-order valence-corrected chi connectivity index (χ4v) is 5.40. The molecule has 0 N–H and O–H groups in total. The molecule has 6 nitrogen and oxygen atoms in total. The Hall–Kier alpha value is -1.62.